The first kappa shape index (κ1) is 32.4. The molecular formula is C29H45N3O4S. The molecule has 1 rings (SSSR count). The second kappa shape index (κ2) is 15.6. The van der Waals surface area contributed by atoms with Crippen molar-refractivity contribution in [1.29, 1.82) is 0 Å². The third kappa shape index (κ3) is 10.7. The fourth-order valence-corrected chi connectivity index (χ4v) is 4.14. The van der Waals surface area contributed by atoms with Crippen molar-refractivity contribution in [3.8, 4) is 12.3 Å². The average Bonchev–Trinajstić information content (AvgIpc) is 2.82. The van der Waals surface area contributed by atoms with Gasteiger partial charge in [0, 0.05) is 23.9 Å². The van der Waals surface area contributed by atoms with Gasteiger partial charge in [0.25, 0.3) is 0 Å². The number of alkyl carbamates (subject to hydrolysis) is 1. The van der Waals surface area contributed by atoms with Crippen LogP contribution < -0.4 is 10.6 Å². The largest absolute Gasteiger partial charge is 0.444 e. The van der Waals surface area contributed by atoms with Crippen LogP contribution in [0.25, 0.3) is 0 Å². The van der Waals surface area contributed by atoms with Crippen molar-refractivity contribution in [3.63, 3.8) is 0 Å². The van der Waals surface area contributed by atoms with E-state index in [0.717, 1.165) is 19.3 Å². The molecule has 0 aliphatic carbocycles. The summed E-state index contributed by atoms with van der Waals surface area (Å²) in [6, 6.07) is 4.87. The van der Waals surface area contributed by atoms with Gasteiger partial charge in [-0.2, -0.15) is 12.6 Å². The van der Waals surface area contributed by atoms with Crippen molar-refractivity contribution < 1.29 is 19.1 Å². The van der Waals surface area contributed by atoms with E-state index in [1.807, 2.05) is 13.8 Å². The summed E-state index contributed by atoms with van der Waals surface area (Å²) >= 11 is 4.35. The maximum Gasteiger partial charge on any atom is 0.408 e. The molecule has 0 saturated carbocycles. The highest BCUT2D eigenvalue weighted by Crippen LogP contribution is 2.29. The summed E-state index contributed by atoms with van der Waals surface area (Å²) in [7, 11) is 0. The van der Waals surface area contributed by atoms with Gasteiger partial charge in [-0.15, -0.1) is 6.42 Å². The lowest BCUT2D eigenvalue weighted by molar-refractivity contribution is -0.144. The first-order valence-electron chi connectivity index (χ1n) is 13.1. The molecule has 2 N–H and O–H groups in total. The zero-order valence-electron chi connectivity index (χ0n) is 23.5. The van der Waals surface area contributed by atoms with Crippen LogP contribution in [0, 0.1) is 18.3 Å². The molecule has 0 spiro atoms. The summed E-state index contributed by atoms with van der Waals surface area (Å²) in [6.45, 7) is 13.9. The molecule has 3 amide bonds. The number of nitrogens with zero attached hydrogens (tertiary/aromatic N) is 1. The summed E-state index contributed by atoms with van der Waals surface area (Å²) in [5.74, 6) is 2.38. The molecule has 0 aliphatic rings. The Balaban J connectivity index is 3.57. The Morgan fingerprint density at radius 3 is 2.32 bits per heavy atom. The quantitative estimate of drug-likeness (QED) is 0.188. The molecule has 0 aliphatic heterocycles. The van der Waals surface area contributed by atoms with E-state index in [1.165, 1.54) is 0 Å². The molecule has 0 radical (unpaired) electrons. The van der Waals surface area contributed by atoms with Crippen LogP contribution >= 0.6 is 12.6 Å². The molecule has 0 heterocycles. The Kier molecular flexibility index (Phi) is 13.6. The van der Waals surface area contributed by atoms with Crippen LogP contribution in [0.5, 0.6) is 0 Å². The Morgan fingerprint density at radius 2 is 1.78 bits per heavy atom. The minimum Gasteiger partial charge on any atom is -0.444 e. The number of hydrogen-bond acceptors (Lipinski definition) is 5. The average molecular weight is 532 g/mol. The number of rotatable bonds is 13. The standard InChI is InChI=1S/C29H45N3O4S/c1-9-11-18-30-26(33)25(23-15-13-12-14-22(23)10-2)32(21(5)17-16-20(3)4)27(34)24(19-37)31-28(35)36-29(6,7)8/h2,12-15,20-21,24-25,37H,9,11,16-19H2,1,3-8H3,(H,30,33)(H,31,35). The second-order valence-corrected chi connectivity index (χ2v) is 11.1. The van der Waals surface area contributed by atoms with Crippen LogP contribution in [-0.2, 0) is 14.3 Å². The van der Waals surface area contributed by atoms with E-state index in [4.69, 9.17) is 11.2 Å². The Bertz CT molecular complexity index is 936. The van der Waals surface area contributed by atoms with E-state index in [2.05, 4.69) is 43.0 Å². The van der Waals surface area contributed by atoms with Gasteiger partial charge in [-0.25, -0.2) is 4.79 Å². The van der Waals surface area contributed by atoms with Crippen molar-refractivity contribution in [2.75, 3.05) is 12.3 Å². The first-order valence-corrected chi connectivity index (χ1v) is 13.7. The van der Waals surface area contributed by atoms with Gasteiger partial charge in [-0.3, -0.25) is 9.59 Å². The summed E-state index contributed by atoms with van der Waals surface area (Å²) in [5, 5.41) is 5.63. The molecule has 0 bridgehead atoms. The van der Waals surface area contributed by atoms with Crippen molar-refractivity contribution in [3.05, 3.63) is 35.4 Å². The number of hydrogen-bond donors (Lipinski definition) is 3. The molecule has 8 heteroatoms. The summed E-state index contributed by atoms with van der Waals surface area (Å²) in [5.41, 5.74) is 0.375. The van der Waals surface area contributed by atoms with Crippen LogP contribution in [0.4, 0.5) is 4.79 Å². The van der Waals surface area contributed by atoms with E-state index < -0.39 is 29.7 Å². The topological polar surface area (TPSA) is 87.7 Å². The summed E-state index contributed by atoms with van der Waals surface area (Å²) in [6.07, 6.45) is 8.34. The minimum absolute atomic E-state index is 0.0342. The number of carbonyl (C=O) groups is 3. The predicted molar refractivity (Wildman–Crippen MR) is 152 cm³/mol. The third-order valence-electron chi connectivity index (χ3n) is 5.83. The number of carbonyl (C=O) groups excluding carboxylic acids is 3. The van der Waals surface area contributed by atoms with Crippen molar-refractivity contribution >= 4 is 30.5 Å². The van der Waals surface area contributed by atoms with Gasteiger partial charge in [0.2, 0.25) is 11.8 Å². The molecule has 3 unspecified atom stereocenters. The maximum atomic E-state index is 14.1. The maximum absolute atomic E-state index is 14.1. The highest BCUT2D eigenvalue weighted by molar-refractivity contribution is 7.80. The Hall–Kier alpha value is -2.66. The number of thiol groups is 1. The number of ether oxygens (including phenoxy) is 1. The number of terminal acetylenes is 1. The number of benzene rings is 1. The molecule has 37 heavy (non-hydrogen) atoms. The van der Waals surface area contributed by atoms with Gasteiger partial charge in [-0.1, -0.05) is 51.3 Å². The van der Waals surface area contributed by atoms with Gasteiger partial charge in [0.1, 0.15) is 17.7 Å². The fourth-order valence-electron chi connectivity index (χ4n) is 3.90. The minimum atomic E-state index is -0.997. The zero-order valence-corrected chi connectivity index (χ0v) is 24.4. The lowest BCUT2D eigenvalue weighted by atomic mass is 9.94. The highest BCUT2D eigenvalue weighted by Gasteiger charge is 2.39. The van der Waals surface area contributed by atoms with Gasteiger partial charge in [0.15, 0.2) is 0 Å². The Labute approximate surface area is 228 Å². The van der Waals surface area contributed by atoms with Crippen molar-refractivity contribution in [1.82, 2.24) is 15.5 Å². The molecule has 206 valence electrons. The second-order valence-electron chi connectivity index (χ2n) is 10.7. The fraction of sp³-hybridized carbons (Fsp3) is 0.621. The molecule has 0 saturated heterocycles. The van der Waals surface area contributed by atoms with Crippen LogP contribution in [0.1, 0.15) is 91.3 Å². The first-order chi connectivity index (χ1) is 17.4. The van der Waals surface area contributed by atoms with Crippen molar-refractivity contribution in [2.45, 2.75) is 97.9 Å². The SMILES string of the molecule is C#Cc1ccccc1C(C(=O)NCCCC)N(C(=O)C(CS)NC(=O)OC(C)(C)C)C(C)CCC(C)C. The van der Waals surface area contributed by atoms with Crippen LogP contribution in [0.15, 0.2) is 24.3 Å². The van der Waals surface area contributed by atoms with Crippen LogP contribution in [-0.4, -0.2) is 52.8 Å². The lowest BCUT2D eigenvalue weighted by Crippen LogP contribution is -2.56. The van der Waals surface area contributed by atoms with Crippen molar-refractivity contribution in [2.24, 2.45) is 5.92 Å². The van der Waals surface area contributed by atoms with Gasteiger partial charge in [-0.05, 0) is 64.5 Å². The van der Waals surface area contributed by atoms with Crippen LogP contribution in [0.3, 0.4) is 0 Å². The molecule has 3 atom stereocenters. The predicted octanol–water partition coefficient (Wildman–Crippen LogP) is 5.10. The smallest absolute Gasteiger partial charge is 0.408 e. The molecule has 1 aromatic rings. The Morgan fingerprint density at radius 1 is 1.14 bits per heavy atom. The molecule has 0 aromatic heterocycles. The monoisotopic (exact) mass is 531 g/mol. The van der Waals surface area contributed by atoms with E-state index in [-0.39, 0.29) is 17.7 Å². The van der Waals surface area contributed by atoms with Gasteiger partial charge >= 0.3 is 6.09 Å². The van der Waals surface area contributed by atoms with E-state index in [0.29, 0.717) is 30.0 Å². The normalized spacial score (nSPS) is 13.7. The zero-order chi connectivity index (χ0) is 28.2. The van der Waals surface area contributed by atoms with E-state index >= 15 is 0 Å². The molecule has 0 fully saturated rings. The number of amides is 3. The number of unbranched alkanes of at least 4 members (excludes halogenated alkanes) is 1. The molecular weight excluding hydrogens is 486 g/mol. The van der Waals surface area contributed by atoms with E-state index in [9.17, 15) is 14.4 Å². The molecule has 1 aromatic carbocycles. The number of nitrogens with one attached hydrogen (secondary N) is 2. The highest BCUT2D eigenvalue weighted by atomic mass is 32.1. The molecule has 7 nitrogen and oxygen atoms in total. The summed E-state index contributed by atoms with van der Waals surface area (Å²) in [4.78, 5) is 41.9. The van der Waals surface area contributed by atoms with Crippen LogP contribution in [0.2, 0.25) is 0 Å². The van der Waals surface area contributed by atoms with Gasteiger partial charge < -0.3 is 20.3 Å². The van der Waals surface area contributed by atoms with Gasteiger partial charge in [0.05, 0.1) is 0 Å². The lowest BCUT2D eigenvalue weighted by Gasteiger charge is -2.39. The van der Waals surface area contributed by atoms with E-state index in [1.54, 1.807) is 49.9 Å². The third-order valence-corrected chi connectivity index (χ3v) is 6.19. The summed E-state index contributed by atoms with van der Waals surface area (Å²) < 4.78 is 5.37.